The van der Waals surface area contributed by atoms with Crippen molar-refractivity contribution in [2.45, 2.75) is 37.6 Å². The number of Topliss-reactive ketones (excluding diaryl/α,β-unsaturated/α-hetero) is 1. The average Bonchev–Trinajstić information content (AvgIpc) is 3.76. The molecule has 2 unspecified atom stereocenters. The number of carbonyl (C=O) groups excluding carboxylic acids is 4. The highest BCUT2D eigenvalue weighted by Gasteiger charge is 2.39. The number of fused-ring (bicyclic) bond motifs is 1. The Morgan fingerprint density at radius 3 is 2.35 bits per heavy atom. The average molecular weight is 652 g/mol. The third kappa shape index (κ3) is 7.35. The highest BCUT2D eigenvalue weighted by Crippen LogP contribution is 2.32. The largest absolute Gasteiger partial charge is 0.469 e. The quantitative estimate of drug-likeness (QED) is 0.0784. The normalized spacial score (nSPS) is 14.7. The smallest absolute Gasteiger partial charge is 0.313 e. The van der Waals surface area contributed by atoms with Crippen molar-refractivity contribution in [3.8, 4) is 0 Å². The molecule has 2 atom stereocenters. The van der Waals surface area contributed by atoms with Crippen LogP contribution in [0.15, 0.2) is 72.8 Å². The third-order valence-electron chi connectivity index (χ3n) is 8.90. The van der Waals surface area contributed by atoms with Crippen LogP contribution >= 0.6 is 0 Å². The van der Waals surface area contributed by atoms with Gasteiger partial charge in [-0.3, -0.25) is 24.6 Å². The van der Waals surface area contributed by atoms with Crippen LogP contribution in [-0.2, 0) is 31.6 Å². The van der Waals surface area contributed by atoms with E-state index < -0.39 is 17.4 Å². The van der Waals surface area contributed by atoms with Gasteiger partial charge in [-0.1, -0.05) is 48.5 Å². The second kappa shape index (κ2) is 14.7. The molecule has 2 amide bonds. The summed E-state index contributed by atoms with van der Waals surface area (Å²) in [5, 5.41) is 14.1. The number of nitrogens with zero attached hydrogens (tertiary/aromatic N) is 3. The molecule has 4 aromatic rings. The summed E-state index contributed by atoms with van der Waals surface area (Å²) >= 11 is 0. The Hall–Kier alpha value is -5.20. The molecule has 12 heteroatoms. The Bertz CT molecular complexity index is 1830. The zero-order chi connectivity index (χ0) is 34.4. The van der Waals surface area contributed by atoms with Gasteiger partial charge in [0, 0.05) is 37.8 Å². The molecule has 2 heterocycles. The van der Waals surface area contributed by atoms with E-state index in [-0.39, 0.29) is 42.9 Å². The van der Waals surface area contributed by atoms with Gasteiger partial charge in [0.2, 0.25) is 5.91 Å². The fraction of sp³-hybridized carbons (Fsp3) is 0.333. The Balaban J connectivity index is 1.35. The lowest BCUT2D eigenvalue weighted by Gasteiger charge is -2.33. The molecule has 1 aliphatic rings. The number of carbonyl (C=O) groups is 4. The maximum Gasteiger partial charge on any atom is 0.313 e. The van der Waals surface area contributed by atoms with Crippen molar-refractivity contribution in [1.29, 1.82) is 5.41 Å². The number of imidazole rings is 1. The van der Waals surface area contributed by atoms with Gasteiger partial charge < -0.3 is 30.6 Å². The first kappa shape index (κ1) is 34.1. The van der Waals surface area contributed by atoms with Crippen LogP contribution in [0.2, 0.25) is 0 Å². The number of hydrogen-bond acceptors (Lipinski definition) is 9. The van der Waals surface area contributed by atoms with E-state index in [1.54, 1.807) is 36.4 Å². The minimum Gasteiger partial charge on any atom is -0.469 e. The highest BCUT2D eigenvalue weighted by atomic mass is 16.5. The number of amidine groups is 1. The molecule has 0 bridgehead atoms. The van der Waals surface area contributed by atoms with Crippen LogP contribution in [-0.4, -0.2) is 77.1 Å². The molecule has 1 fully saturated rings. The molecule has 5 N–H and O–H groups in total. The van der Waals surface area contributed by atoms with Crippen molar-refractivity contribution in [3.05, 3.63) is 101 Å². The van der Waals surface area contributed by atoms with Gasteiger partial charge in [0.05, 0.1) is 36.1 Å². The van der Waals surface area contributed by atoms with Crippen LogP contribution in [0.5, 0.6) is 0 Å². The number of nitrogens with one attached hydrogen (secondary N) is 3. The van der Waals surface area contributed by atoms with E-state index in [1.165, 1.54) is 7.11 Å². The van der Waals surface area contributed by atoms with Gasteiger partial charge in [-0.25, -0.2) is 4.98 Å². The van der Waals surface area contributed by atoms with Crippen molar-refractivity contribution < 1.29 is 23.9 Å². The summed E-state index contributed by atoms with van der Waals surface area (Å²) in [6.07, 6.45) is 1.55. The number of rotatable bonds is 12. The van der Waals surface area contributed by atoms with Gasteiger partial charge in [0.15, 0.2) is 5.78 Å². The van der Waals surface area contributed by atoms with Crippen molar-refractivity contribution in [2.24, 2.45) is 12.8 Å². The maximum absolute atomic E-state index is 13.9. The lowest BCUT2D eigenvalue weighted by atomic mass is 9.80. The molecule has 0 saturated carbocycles. The number of esters is 1. The first-order valence-electron chi connectivity index (χ1n) is 15.9. The first-order valence-corrected chi connectivity index (χ1v) is 15.9. The van der Waals surface area contributed by atoms with Crippen molar-refractivity contribution in [2.75, 3.05) is 33.3 Å². The van der Waals surface area contributed by atoms with Crippen molar-refractivity contribution in [1.82, 2.24) is 25.1 Å². The number of aryl methyl sites for hydroxylation is 1. The van der Waals surface area contributed by atoms with E-state index >= 15 is 0 Å². The number of nitrogens with two attached hydrogens (primary N) is 1. The molecule has 1 aliphatic heterocycles. The van der Waals surface area contributed by atoms with E-state index in [2.05, 4.69) is 15.4 Å². The molecular weight excluding hydrogens is 610 g/mol. The van der Waals surface area contributed by atoms with E-state index in [0.717, 1.165) is 29.5 Å². The van der Waals surface area contributed by atoms with Crippen LogP contribution in [0.3, 0.4) is 0 Å². The topological polar surface area (TPSA) is 172 Å². The fourth-order valence-electron chi connectivity index (χ4n) is 6.01. The number of benzene rings is 3. The Kier molecular flexibility index (Phi) is 10.5. The van der Waals surface area contributed by atoms with Crippen LogP contribution < -0.4 is 16.4 Å². The van der Waals surface area contributed by atoms with Gasteiger partial charge in [0.1, 0.15) is 18.1 Å². The second-order valence-electron chi connectivity index (χ2n) is 12.3. The number of methoxy groups -OCH3 is 1. The monoisotopic (exact) mass is 651 g/mol. The molecular formula is C36H41N7O5. The Morgan fingerprint density at radius 1 is 1.00 bits per heavy atom. The van der Waals surface area contributed by atoms with Crippen LogP contribution in [0.4, 0.5) is 0 Å². The molecule has 5 rings (SSSR count). The van der Waals surface area contributed by atoms with Crippen molar-refractivity contribution >= 4 is 40.4 Å². The summed E-state index contributed by atoms with van der Waals surface area (Å²) in [7, 11) is 3.12. The van der Waals surface area contributed by atoms with E-state index in [1.807, 2.05) is 59.8 Å². The number of ether oxygens (including phenoxy) is 1. The van der Waals surface area contributed by atoms with Gasteiger partial charge >= 0.3 is 5.97 Å². The standard InChI is InChI=1S/C36H41N7O5/c1-36(35(47)43-17-7-8-18-43,22-39-21-27(44)20-30(45)48-3)26-15-16-29-28(19-26)40-33(42(29)2)31(37)23-11-13-24(14-12-23)32(38)41-34(46)25-9-5-4-6-10-25/h4-6,9-16,19,31,39H,7-8,17-18,20-22,37H2,1-3H3,(H2,38,41,46). The van der Waals surface area contributed by atoms with Gasteiger partial charge in [-0.2, -0.15) is 0 Å². The molecule has 12 nitrogen and oxygen atoms in total. The number of aromatic nitrogens is 2. The summed E-state index contributed by atoms with van der Waals surface area (Å²) in [5.74, 6) is -0.727. The minimum absolute atomic E-state index is 0.0203. The molecule has 0 aliphatic carbocycles. The Morgan fingerprint density at radius 2 is 1.69 bits per heavy atom. The highest BCUT2D eigenvalue weighted by molar-refractivity contribution is 6.11. The van der Waals surface area contributed by atoms with Crippen LogP contribution in [0.1, 0.15) is 65.1 Å². The molecule has 0 spiro atoms. The predicted molar refractivity (Wildman–Crippen MR) is 182 cm³/mol. The number of likely N-dealkylation sites (tertiary alicyclic amines) is 1. The van der Waals surface area contributed by atoms with E-state index in [4.69, 9.17) is 16.1 Å². The Labute approximate surface area is 279 Å². The summed E-state index contributed by atoms with van der Waals surface area (Å²) < 4.78 is 6.51. The summed E-state index contributed by atoms with van der Waals surface area (Å²) in [5.41, 5.74) is 9.74. The van der Waals surface area contributed by atoms with E-state index in [0.29, 0.717) is 35.6 Å². The molecule has 1 saturated heterocycles. The molecule has 0 radical (unpaired) electrons. The summed E-state index contributed by atoms with van der Waals surface area (Å²) in [4.78, 5) is 57.0. The van der Waals surface area contributed by atoms with Crippen LogP contribution in [0.25, 0.3) is 11.0 Å². The van der Waals surface area contributed by atoms with E-state index in [9.17, 15) is 19.2 Å². The molecule has 1 aromatic heterocycles. The minimum atomic E-state index is -1.000. The number of amides is 2. The summed E-state index contributed by atoms with van der Waals surface area (Å²) in [6.45, 7) is 3.34. The van der Waals surface area contributed by atoms with Crippen LogP contribution in [0, 0.1) is 5.41 Å². The predicted octanol–water partition coefficient (Wildman–Crippen LogP) is 2.98. The van der Waals surface area contributed by atoms with Gasteiger partial charge in [0.25, 0.3) is 5.91 Å². The zero-order valence-corrected chi connectivity index (χ0v) is 27.4. The SMILES string of the molecule is COC(=O)CC(=O)CNCC(C)(C(=O)N1CCCC1)c1ccc2c(c1)nc(C(N)c1ccc(C(=N)NC(=O)c3ccccc3)cc1)n2C. The molecule has 48 heavy (non-hydrogen) atoms. The lowest BCUT2D eigenvalue weighted by molar-refractivity contribution is -0.143. The second-order valence-corrected chi connectivity index (χ2v) is 12.3. The fourth-order valence-corrected chi connectivity index (χ4v) is 6.01. The van der Waals surface area contributed by atoms with Gasteiger partial charge in [-0.15, -0.1) is 0 Å². The molecule has 3 aromatic carbocycles. The maximum atomic E-state index is 13.9. The van der Waals surface area contributed by atoms with Gasteiger partial charge in [-0.05, 0) is 55.2 Å². The van der Waals surface area contributed by atoms with Crippen molar-refractivity contribution in [3.63, 3.8) is 0 Å². The number of ketones is 1. The third-order valence-corrected chi connectivity index (χ3v) is 8.90. The summed E-state index contributed by atoms with van der Waals surface area (Å²) in [6, 6.07) is 21.0. The molecule has 250 valence electrons. The first-order chi connectivity index (χ1) is 23.0. The lowest BCUT2D eigenvalue weighted by Crippen LogP contribution is -2.50. The zero-order valence-electron chi connectivity index (χ0n) is 27.4. The number of hydrogen-bond donors (Lipinski definition) is 4.